The Morgan fingerprint density at radius 3 is 2.70 bits per heavy atom. The van der Waals surface area contributed by atoms with E-state index in [4.69, 9.17) is 4.74 Å². The minimum Gasteiger partial charge on any atom is -0.383 e. The van der Waals surface area contributed by atoms with Gasteiger partial charge in [-0.1, -0.05) is 19.1 Å². The summed E-state index contributed by atoms with van der Waals surface area (Å²) in [6.07, 6.45) is 3.98. The Morgan fingerprint density at radius 1 is 1.20 bits per heavy atom. The molecule has 1 aromatic carbocycles. The van der Waals surface area contributed by atoms with Crippen molar-refractivity contribution < 1.29 is 14.3 Å². The summed E-state index contributed by atoms with van der Waals surface area (Å²) in [4.78, 5) is 30.7. The van der Waals surface area contributed by atoms with Crippen molar-refractivity contribution in [3.63, 3.8) is 0 Å². The number of nitrogens with one attached hydrogen (secondary N) is 1. The first-order chi connectivity index (χ1) is 14.5. The molecule has 8 heteroatoms. The highest BCUT2D eigenvalue weighted by Gasteiger charge is 2.27. The van der Waals surface area contributed by atoms with Gasteiger partial charge in [0.15, 0.2) is 0 Å². The van der Waals surface area contributed by atoms with E-state index in [1.54, 1.807) is 18.2 Å². The molecule has 1 unspecified atom stereocenters. The summed E-state index contributed by atoms with van der Waals surface area (Å²) in [6, 6.07) is 9.39. The molecule has 2 aliphatic rings. The molecule has 2 aromatic rings. The number of carbonyl (C=O) groups excluding carboxylic acids is 2. The predicted octanol–water partition coefficient (Wildman–Crippen LogP) is 2.85. The Bertz CT molecular complexity index is 948. The number of anilines is 1. The van der Waals surface area contributed by atoms with Crippen LogP contribution in [0.1, 0.15) is 30.0 Å². The summed E-state index contributed by atoms with van der Waals surface area (Å²) < 4.78 is 5.07. The van der Waals surface area contributed by atoms with Gasteiger partial charge in [0.2, 0.25) is 5.91 Å². The summed E-state index contributed by atoms with van der Waals surface area (Å²) >= 11 is 0. The zero-order chi connectivity index (χ0) is 21.1. The number of urea groups is 1. The molecule has 0 spiro atoms. The molecule has 1 aromatic heterocycles. The molecule has 0 saturated carbocycles. The standard InChI is InChI=1S/C22H25N5O3/c1-15-11-20(28)27(9-10-30-2)25-21(15)16-3-5-19(6-4-16)24-22(29)26-13-17-7-8-23-12-18(17)14-26/h3-8,12,15H,9-11,13-14H2,1-2H3,(H,24,29). The van der Waals surface area contributed by atoms with E-state index in [2.05, 4.69) is 15.4 Å². The van der Waals surface area contributed by atoms with Crippen molar-refractivity contribution in [3.8, 4) is 0 Å². The number of rotatable bonds is 5. The van der Waals surface area contributed by atoms with Crippen molar-refractivity contribution in [2.24, 2.45) is 11.0 Å². The maximum atomic E-state index is 12.6. The number of ether oxygens (including phenoxy) is 1. The number of hydrazone groups is 1. The molecule has 8 nitrogen and oxygen atoms in total. The number of fused-ring (bicyclic) bond motifs is 1. The van der Waals surface area contributed by atoms with Crippen LogP contribution in [-0.4, -0.2) is 52.8 Å². The molecule has 4 rings (SSSR count). The van der Waals surface area contributed by atoms with E-state index in [9.17, 15) is 9.59 Å². The summed E-state index contributed by atoms with van der Waals surface area (Å²) in [6.45, 7) is 4.03. The van der Waals surface area contributed by atoms with Crippen molar-refractivity contribution in [2.45, 2.75) is 26.4 Å². The van der Waals surface area contributed by atoms with Crippen molar-refractivity contribution in [2.75, 3.05) is 25.6 Å². The zero-order valence-electron chi connectivity index (χ0n) is 17.2. The second-order valence-electron chi connectivity index (χ2n) is 7.61. The van der Waals surface area contributed by atoms with Crippen molar-refractivity contribution in [1.82, 2.24) is 14.9 Å². The number of nitrogens with zero attached hydrogens (tertiary/aromatic N) is 4. The number of benzene rings is 1. The Hall–Kier alpha value is -3.26. The molecular formula is C22H25N5O3. The van der Waals surface area contributed by atoms with Gasteiger partial charge < -0.3 is 15.0 Å². The fourth-order valence-corrected chi connectivity index (χ4v) is 3.73. The largest absolute Gasteiger partial charge is 0.383 e. The van der Waals surface area contributed by atoms with Gasteiger partial charge in [-0.3, -0.25) is 9.78 Å². The third kappa shape index (κ3) is 4.18. The van der Waals surface area contributed by atoms with Crippen molar-refractivity contribution in [3.05, 3.63) is 59.4 Å². The minimum absolute atomic E-state index is 0.00833. The number of amides is 3. The molecule has 2 aliphatic heterocycles. The normalized spacial score (nSPS) is 18.3. The molecule has 0 fully saturated rings. The zero-order valence-corrected chi connectivity index (χ0v) is 17.2. The molecular weight excluding hydrogens is 382 g/mol. The lowest BCUT2D eigenvalue weighted by Crippen LogP contribution is -2.38. The molecule has 0 saturated heterocycles. The van der Waals surface area contributed by atoms with Crippen molar-refractivity contribution >= 4 is 23.3 Å². The van der Waals surface area contributed by atoms with Gasteiger partial charge in [-0.15, -0.1) is 0 Å². The minimum atomic E-state index is -0.140. The average molecular weight is 407 g/mol. The Labute approximate surface area is 175 Å². The van der Waals surface area contributed by atoms with E-state index in [1.807, 2.05) is 43.5 Å². The number of pyridine rings is 1. The van der Waals surface area contributed by atoms with Crippen LogP contribution in [0.5, 0.6) is 0 Å². The molecule has 1 atom stereocenters. The maximum absolute atomic E-state index is 12.6. The molecule has 3 amide bonds. The molecule has 0 aliphatic carbocycles. The lowest BCUT2D eigenvalue weighted by atomic mass is 9.93. The van der Waals surface area contributed by atoms with Gasteiger partial charge in [-0.05, 0) is 34.9 Å². The summed E-state index contributed by atoms with van der Waals surface area (Å²) in [5, 5.41) is 8.98. The second-order valence-corrected chi connectivity index (χ2v) is 7.61. The van der Waals surface area contributed by atoms with Crippen LogP contribution in [0.4, 0.5) is 10.5 Å². The third-order valence-corrected chi connectivity index (χ3v) is 5.42. The highest BCUT2D eigenvalue weighted by atomic mass is 16.5. The van der Waals surface area contributed by atoms with Gasteiger partial charge in [-0.25, -0.2) is 9.80 Å². The predicted molar refractivity (Wildman–Crippen MR) is 113 cm³/mol. The number of carbonyl (C=O) groups is 2. The molecule has 1 N–H and O–H groups in total. The van der Waals surface area contributed by atoms with Gasteiger partial charge in [0.1, 0.15) is 0 Å². The van der Waals surface area contributed by atoms with E-state index in [0.29, 0.717) is 38.3 Å². The topological polar surface area (TPSA) is 87.1 Å². The summed E-state index contributed by atoms with van der Waals surface area (Å²) in [7, 11) is 1.60. The Balaban J connectivity index is 1.42. The van der Waals surface area contributed by atoms with Gasteiger partial charge in [0.25, 0.3) is 0 Å². The van der Waals surface area contributed by atoms with E-state index in [0.717, 1.165) is 22.4 Å². The monoisotopic (exact) mass is 407 g/mol. The van der Waals surface area contributed by atoms with Crippen LogP contribution in [-0.2, 0) is 22.6 Å². The fourth-order valence-electron chi connectivity index (χ4n) is 3.73. The molecule has 0 bridgehead atoms. The van der Waals surface area contributed by atoms with Gasteiger partial charge in [0.05, 0.1) is 18.9 Å². The first-order valence-corrected chi connectivity index (χ1v) is 10.0. The number of aromatic nitrogens is 1. The SMILES string of the molecule is COCCN1N=C(c2ccc(NC(=O)N3Cc4ccncc4C3)cc2)C(C)CC1=O. The summed E-state index contributed by atoms with van der Waals surface area (Å²) in [5.74, 6) is 0.0439. The average Bonchev–Trinajstić information content (AvgIpc) is 3.18. The van der Waals surface area contributed by atoms with Crippen LogP contribution in [0.25, 0.3) is 0 Å². The lowest BCUT2D eigenvalue weighted by molar-refractivity contribution is -0.133. The second kappa shape index (κ2) is 8.62. The van der Waals surface area contributed by atoms with Crippen LogP contribution in [0, 0.1) is 5.92 Å². The molecule has 0 radical (unpaired) electrons. The molecule has 156 valence electrons. The van der Waals surface area contributed by atoms with Crippen molar-refractivity contribution in [1.29, 1.82) is 0 Å². The van der Waals surface area contributed by atoms with E-state index in [-0.39, 0.29) is 17.9 Å². The number of hydrogen-bond donors (Lipinski definition) is 1. The highest BCUT2D eigenvalue weighted by Crippen LogP contribution is 2.24. The Kier molecular flexibility index (Phi) is 5.76. The van der Waals surface area contributed by atoms with Gasteiger partial charge in [-0.2, -0.15) is 5.10 Å². The smallest absolute Gasteiger partial charge is 0.322 e. The quantitative estimate of drug-likeness (QED) is 0.826. The maximum Gasteiger partial charge on any atom is 0.322 e. The van der Waals surface area contributed by atoms with Crippen LogP contribution >= 0.6 is 0 Å². The van der Waals surface area contributed by atoms with E-state index in [1.165, 1.54) is 5.01 Å². The molecule has 3 heterocycles. The van der Waals surface area contributed by atoms with Crippen LogP contribution < -0.4 is 5.32 Å². The van der Waals surface area contributed by atoms with Gasteiger partial charge in [0, 0.05) is 50.6 Å². The molecule has 30 heavy (non-hydrogen) atoms. The van der Waals surface area contributed by atoms with Crippen LogP contribution in [0.3, 0.4) is 0 Å². The highest BCUT2D eigenvalue weighted by molar-refractivity contribution is 6.06. The summed E-state index contributed by atoms with van der Waals surface area (Å²) in [5.41, 5.74) is 4.74. The first kappa shape index (κ1) is 20.0. The lowest BCUT2D eigenvalue weighted by Gasteiger charge is -2.27. The fraction of sp³-hybridized carbons (Fsp3) is 0.364. The number of methoxy groups -OCH3 is 1. The van der Waals surface area contributed by atoms with Crippen LogP contribution in [0.2, 0.25) is 0 Å². The Morgan fingerprint density at radius 2 is 1.97 bits per heavy atom. The van der Waals surface area contributed by atoms with Gasteiger partial charge >= 0.3 is 6.03 Å². The van der Waals surface area contributed by atoms with E-state index >= 15 is 0 Å². The number of hydrogen-bond acceptors (Lipinski definition) is 5. The first-order valence-electron chi connectivity index (χ1n) is 10.0. The van der Waals surface area contributed by atoms with E-state index < -0.39 is 0 Å². The third-order valence-electron chi connectivity index (χ3n) is 5.42. The van der Waals surface area contributed by atoms with Crippen LogP contribution in [0.15, 0.2) is 47.8 Å².